The summed E-state index contributed by atoms with van der Waals surface area (Å²) in [6.07, 6.45) is 46.5. The Kier molecular flexibility index (Phi) is 45.2. The van der Waals surface area contributed by atoms with Gasteiger partial charge in [0.1, 0.15) is 13.2 Å². The molecule has 0 amide bonds. The molecule has 0 aromatic carbocycles. The Morgan fingerprint density at radius 2 is 0.574 bits per heavy atom. The molecule has 362 valence electrons. The molecule has 0 aliphatic heterocycles. The molecule has 0 saturated carbocycles. The zero-order chi connectivity index (χ0) is 44.9. The lowest BCUT2D eigenvalue weighted by atomic mass is 9.99. The third-order valence-corrected chi connectivity index (χ3v) is 12.8. The van der Waals surface area contributed by atoms with Gasteiger partial charge in [0.05, 0.1) is 0 Å². The average Bonchev–Trinajstić information content (AvgIpc) is 3.23. The molecule has 0 aromatic rings. The Bertz CT molecular complexity index is 947. The number of hydrogen-bond acceptors (Lipinski definition) is 6. The highest BCUT2D eigenvalue weighted by Crippen LogP contribution is 2.18. The van der Waals surface area contributed by atoms with E-state index in [1.165, 1.54) is 180 Å². The third kappa shape index (κ3) is 47.7. The fraction of sp³-hybridized carbons (Fsp3) is 0.945. The Morgan fingerprint density at radius 1 is 0.328 bits per heavy atom. The maximum atomic E-state index is 12.8. The lowest BCUT2D eigenvalue weighted by Crippen LogP contribution is -2.30. The van der Waals surface area contributed by atoms with Crippen molar-refractivity contribution >= 4 is 17.9 Å². The van der Waals surface area contributed by atoms with E-state index in [1.807, 2.05) is 0 Å². The molecule has 61 heavy (non-hydrogen) atoms. The number of unbranched alkanes of at least 4 members (excludes halogenated alkanes) is 30. The van der Waals surface area contributed by atoms with Crippen LogP contribution in [0.4, 0.5) is 0 Å². The van der Waals surface area contributed by atoms with Crippen molar-refractivity contribution in [1.29, 1.82) is 0 Å². The minimum atomic E-state index is -0.763. The van der Waals surface area contributed by atoms with Crippen LogP contribution in [0.15, 0.2) is 0 Å². The van der Waals surface area contributed by atoms with Crippen LogP contribution < -0.4 is 0 Å². The van der Waals surface area contributed by atoms with Gasteiger partial charge in [-0.15, -0.1) is 0 Å². The highest BCUT2D eigenvalue weighted by atomic mass is 16.6. The summed E-state index contributed by atoms with van der Waals surface area (Å²) in [4.78, 5) is 38.0. The molecular weight excluding hydrogens is 757 g/mol. The molecule has 0 radical (unpaired) electrons. The van der Waals surface area contributed by atoms with Crippen molar-refractivity contribution in [3.8, 4) is 0 Å². The Balaban J connectivity index is 4.32. The third-order valence-electron chi connectivity index (χ3n) is 12.8. The number of rotatable bonds is 48. The number of carbonyl (C=O) groups excluding carboxylic acids is 3. The van der Waals surface area contributed by atoms with E-state index in [0.717, 1.165) is 75.5 Å². The summed E-state index contributed by atoms with van der Waals surface area (Å²) in [7, 11) is 0. The molecule has 0 aliphatic carbocycles. The summed E-state index contributed by atoms with van der Waals surface area (Å²) in [5.41, 5.74) is 0. The highest BCUT2D eigenvalue weighted by molar-refractivity contribution is 5.71. The van der Waals surface area contributed by atoms with E-state index in [0.29, 0.717) is 19.3 Å². The standard InChI is InChI=1S/C55H106O6/c1-7-51(6)43-37-31-25-19-14-16-21-27-33-39-45-54(57)60-48-52(61-55(58)46-40-34-28-22-15-13-18-24-30-36-42-50(4)5)47-59-53(56)44-38-32-26-20-12-10-8-9-11-17-23-29-35-41-49(2)3/h49-52H,7-48H2,1-6H3/t51?,52-/m1/s1. The molecule has 2 atom stereocenters. The second-order valence-electron chi connectivity index (χ2n) is 20.1. The maximum absolute atomic E-state index is 12.8. The second-order valence-corrected chi connectivity index (χ2v) is 20.1. The normalized spacial score (nSPS) is 12.6. The summed E-state index contributed by atoms with van der Waals surface area (Å²) in [5, 5.41) is 0. The van der Waals surface area contributed by atoms with Gasteiger partial charge in [0.25, 0.3) is 0 Å². The molecule has 0 N–H and O–H groups in total. The average molecular weight is 863 g/mol. The zero-order valence-electron chi connectivity index (χ0n) is 42.0. The number of ether oxygens (including phenoxy) is 3. The van der Waals surface area contributed by atoms with Crippen molar-refractivity contribution in [2.24, 2.45) is 17.8 Å². The summed E-state index contributed by atoms with van der Waals surface area (Å²) < 4.78 is 16.8. The number of hydrogen-bond donors (Lipinski definition) is 0. The van der Waals surface area contributed by atoms with Crippen LogP contribution in [0.25, 0.3) is 0 Å². The minimum Gasteiger partial charge on any atom is -0.462 e. The first-order chi connectivity index (χ1) is 29.6. The Hall–Kier alpha value is -1.59. The van der Waals surface area contributed by atoms with Crippen molar-refractivity contribution in [3.05, 3.63) is 0 Å². The first-order valence-corrected chi connectivity index (χ1v) is 27.1. The van der Waals surface area contributed by atoms with E-state index in [9.17, 15) is 14.4 Å². The van der Waals surface area contributed by atoms with Gasteiger partial charge in [-0.25, -0.2) is 0 Å². The van der Waals surface area contributed by atoms with Crippen LogP contribution >= 0.6 is 0 Å². The minimum absolute atomic E-state index is 0.0644. The van der Waals surface area contributed by atoms with Crippen molar-refractivity contribution in [2.75, 3.05) is 13.2 Å². The van der Waals surface area contributed by atoms with Gasteiger partial charge >= 0.3 is 17.9 Å². The molecule has 0 fully saturated rings. The van der Waals surface area contributed by atoms with E-state index in [-0.39, 0.29) is 31.1 Å². The molecule has 0 aliphatic rings. The largest absolute Gasteiger partial charge is 0.462 e. The highest BCUT2D eigenvalue weighted by Gasteiger charge is 2.19. The van der Waals surface area contributed by atoms with Crippen LogP contribution in [0.2, 0.25) is 0 Å². The zero-order valence-corrected chi connectivity index (χ0v) is 42.0. The lowest BCUT2D eigenvalue weighted by molar-refractivity contribution is -0.167. The first-order valence-electron chi connectivity index (χ1n) is 27.1. The molecule has 6 heteroatoms. The smallest absolute Gasteiger partial charge is 0.306 e. The summed E-state index contributed by atoms with van der Waals surface area (Å²) in [6.45, 7) is 13.8. The van der Waals surface area contributed by atoms with Crippen LogP contribution in [-0.2, 0) is 28.6 Å². The van der Waals surface area contributed by atoms with Crippen LogP contribution in [0.5, 0.6) is 0 Å². The van der Waals surface area contributed by atoms with Crippen molar-refractivity contribution in [1.82, 2.24) is 0 Å². The fourth-order valence-electron chi connectivity index (χ4n) is 8.26. The quantitative estimate of drug-likeness (QED) is 0.0344. The maximum Gasteiger partial charge on any atom is 0.306 e. The van der Waals surface area contributed by atoms with Crippen LogP contribution in [0, 0.1) is 17.8 Å². The van der Waals surface area contributed by atoms with E-state index in [2.05, 4.69) is 41.5 Å². The van der Waals surface area contributed by atoms with Crippen molar-refractivity contribution in [2.45, 2.75) is 304 Å². The molecule has 0 saturated heterocycles. The van der Waals surface area contributed by atoms with Gasteiger partial charge in [0.15, 0.2) is 6.10 Å². The van der Waals surface area contributed by atoms with E-state index < -0.39 is 6.10 Å². The Labute approximate surface area is 380 Å². The van der Waals surface area contributed by atoms with E-state index >= 15 is 0 Å². The van der Waals surface area contributed by atoms with Crippen molar-refractivity contribution in [3.63, 3.8) is 0 Å². The summed E-state index contributed by atoms with van der Waals surface area (Å²) >= 11 is 0. The SMILES string of the molecule is CCC(C)CCCCCCCCCCCCC(=O)OC[C@@H](COC(=O)CCCCCCCCCCCCCCCC(C)C)OC(=O)CCCCCCCCCCCCC(C)C. The molecule has 1 unspecified atom stereocenters. The topological polar surface area (TPSA) is 78.9 Å². The predicted octanol–water partition coefficient (Wildman–Crippen LogP) is 17.6. The predicted molar refractivity (Wildman–Crippen MR) is 261 cm³/mol. The van der Waals surface area contributed by atoms with Crippen LogP contribution in [0.1, 0.15) is 298 Å². The van der Waals surface area contributed by atoms with Gasteiger partial charge in [-0.3, -0.25) is 14.4 Å². The van der Waals surface area contributed by atoms with Gasteiger partial charge < -0.3 is 14.2 Å². The number of carbonyl (C=O) groups is 3. The Morgan fingerprint density at radius 3 is 0.852 bits per heavy atom. The van der Waals surface area contributed by atoms with Gasteiger partial charge in [-0.05, 0) is 37.0 Å². The first kappa shape index (κ1) is 59.4. The monoisotopic (exact) mass is 863 g/mol. The van der Waals surface area contributed by atoms with Gasteiger partial charge in [0.2, 0.25) is 0 Å². The number of esters is 3. The molecule has 6 nitrogen and oxygen atoms in total. The lowest BCUT2D eigenvalue weighted by Gasteiger charge is -2.18. The molecule has 0 bridgehead atoms. The van der Waals surface area contributed by atoms with Gasteiger partial charge in [-0.2, -0.15) is 0 Å². The molecular formula is C55H106O6. The van der Waals surface area contributed by atoms with Gasteiger partial charge in [0, 0.05) is 19.3 Å². The molecule has 0 rings (SSSR count). The fourth-order valence-corrected chi connectivity index (χ4v) is 8.26. The van der Waals surface area contributed by atoms with Crippen LogP contribution in [0.3, 0.4) is 0 Å². The van der Waals surface area contributed by atoms with E-state index in [1.54, 1.807) is 0 Å². The molecule has 0 aromatic heterocycles. The van der Waals surface area contributed by atoms with E-state index in [4.69, 9.17) is 14.2 Å². The molecule has 0 heterocycles. The summed E-state index contributed by atoms with van der Waals surface area (Å²) in [5.74, 6) is 1.68. The summed E-state index contributed by atoms with van der Waals surface area (Å²) in [6, 6.07) is 0. The van der Waals surface area contributed by atoms with Gasteiger partial charge in [-0.1, -0.05) is 260 Å². The van der Waals surface area contributed by atoms with Crippen LogP contribution in [-0.4, -0.2) is 37.2 Å². The molecule has 0 spiro atoms. The second kappa shape index (κ2) is 46.4. The van der Waals surface area contributed by atoms with Crippen molar-refractivity contribution < 1.29 is 28.6 Å².